The van der Waals surface area contributed by atoms with Gasteiger partial charge in [0.05, 0.1) is 23.8 Å². The maximum Gasteiger partial charge on any atom is 0.223 e. The summed E-state index contributed by atoms with van der Waals surface area (Å²) in [5.41, 5.74) is 1.14. The highest BCUT2D eigenvalue weighted by Gasteiger charge is 2.47. The fraction of sp³-hybridized carbons (Fsp3) is 0.588. The zero-order chi connectivity index (χ0) is 16.7. The zero-order valence-corrected chi connectivity index (χ0v) is 15.1. The predicted octanol–water partition coefficient (Wildman–Crippen LogP) is 1.81. The summed E-state index contributed by atoms with van der Waals surface area (Å²) in [4.78, 5) is 25.8. The molecular weight excluding hydrogens is 322 g/mol. The molecule has 24 heavy (non-hydrogen) atoms. The molecule has 0 N–H and O–H groups in total. The van der Waals surface area contributed by atoms with E-state index in [1.807, 2.05) is 31.3 Å². The summed E-state index contributed by atoms with van der Waals surface area (Å²) >= 11 is 1.65. The van der Waals surface area contributed by atoms with Crippen LogP contribution in [0.5, 0.6) is 0 Å². The minimum atomic E-state index is 0.118. The number of nitrogens with zero attached hydrogens (tertiary/aromatic N) is 5. The Morgan fingerprint density at radius 1 is 1.33 bits per heavy atom. The summed E-state index contributed by atoms with van der Waals surface area (Å²) in [5.74, 6) is 1.37. The fourth-order valence-corrected chi connectivity index (χ4v) is 4.59. The number of rotatable bonds is 4. The first-order valence-corrected chi connectivity index (χ1v) is 9.28. The molecule has 2 fully saturated rings. The van der Waals surface area contributed by atoms with E-state index in [-0.39, 0.29) is 11.3 Å². The van der Waals surface area contributed by atoms with E-state index in [0.29, 0.717) is 13.0 Å². The molecule has 1 atom stereocenters. The fourth-order valence-electron chi connectivity index (χ4n) is 3.99. The second-order valence-electron chi connectivity index (χ2n) is 7.20. The summed E-state index contributed by atoms with van der Waals surface area (Å²) in [6, 6.07) is 0. The number of aromatic nitrogens is 3. The second kappa shape index (κ2) is 5.97. The number of hydrogen-bond acceptors (Lipinski definition) is 5. The van der Waals surface area contributed by atoms with Gasteiger partial charge in [0.1, 0.15) is 5.82 Å². The largest absolute Gasteiger partial charge is 0.337 e. The average molecular weight is 345 g/mol. The third-order valence-corrected chi connectivity index (χ3v) is 6.05. The van der Waals surface area contributed by atoms with E-state index < -0.39 is 0 Å². The zero-order valence-electron chi connectivity index (χ0n) is 14.2. The first-order chi connectivity index (χ1) is 11.5. The van der Waals surface area contributed by atoms with Crippen LogP contribution in [0.3, 0.4) is 0 Å². The van der Waals surface area contributed by atoms with Crippen LogP contribution >= 0.6 is 11.3 Å². The Morgan fingerprint density at radius 2 is 2.21 bits per heavy atom. The second-order valence-corrected chi connectivity index (χ2v) is 8.26. The highest BCUT2D eigenvalue weighted by atomic mass is 32.1. The maximum atomic E-state index is 12.5. The van der Waals surface area contributed by atoms with Crippen LogP contribution in [0.2, 0.25) is 0 Å². The van der Waals surface area contributed by atoms with Gasteiger partial charge in [0.25, 0.3) is 0 Å². The van der Waals surface area contributed by atoms with E-state index in [2.05, 4.69) is 24.8 Å². The molecule has 2 aliphatic heterocycles. The van der Waals surface area contributed by atoms with Crippen molar-refractivity contribution in [3.05, 3.63) is 34.3 Å². The molecule has 0 aromatic carbocycles. The SMILES string of the molecule is Cc1nc(CN2CC3(CCN(Cc4nccn4C)C3)CC2=O)cs1. The number of imidazole rings is 1. The molecule has 128 valence electrons. The summed E-state index contributed by atoms with van der Waals surface area (Å²) in [7, 11) is 2.03. The Balaban J connectivity index is 1.40. The van der Waals surface area contributed by atoms with Crippen LogP contribution in [0.25, 0.3) is 0 Å². The number of amides is 1. The Kier molecular flexibility index (Phi) is 3.92. The van der Waals surface area contributed by atoms with Crippen molar-refractivity contribution in [1.82, 2.24) is 24.3 Å². The lowest BCUT2D eigenvalue weighted by Crippen LogP contribution is -2.31. The first kappa shape index (κ1) is 15.8. The van der Waals surface area contributed by atoms with Gasteiger partial charge in [-0.25, -0.2) is 9.97 Å². The molecule has 1 unspecified atom stereocenters. The van der Waals surface area contributed by atoms with E-state index in [9.17, 15) is 4.79 Å². The van der Waals surface area contributed by atoms with E-state index in [1.54, 1.807) is 11.3 Å². The number of carbonyl (C=O) groups excluding carboxylic acids is 1. The van der Waals surface area contributed by atoms with Gasteiger partial charge in [-0.2, -0.15) is 0 Å². The Labute approximate surface area is 146 Å². The minimum Gasteiger partial charge on any atom is -0.337 e. The van der Waals surface area contributed by atoms with Gasteiger partial charge in [0, 0.05) is 49.7 Å². The van der Waals surface area contributed by atoms with Gasteiger partial charge in [-0.1, -0.05) is 0 Å². The summed E-state index contributed by atoms with van der Waals surface area (Å²) in [5, 5.41) is 3.13. The molecule has 4 rings (SSSR count). The number of carbonyl (C=O) groups is 1. The lowest BCUT2D eigenvalue weighted by atomic mass is 9.86. The monoisotopic (exact) mass is 345 g/mol. The normalized spacial score (nSPS) is 24.6. The van der Waals surface area contributed by atoms with Crippen molar-refractivity contribution in [2.24, 2.45) is 12.5 Å². The molecule has 7 heteroatoms. The van der Waals surface area contributed by atoms with Crippen LogP contribution in [0.15, 0.2) is 17.8 Å². The molecule has 0 radical (unpaired) electrons. The molecule has 6 nitrogen and oxygen atoms in total. The van der Waals surface area contributed by atoms with Crippen LogP contribution in [-0.2, 0) is 24.9 Å². The van der Waals surface area contributed by atoms with Crippen LogP contribution in [0, 0.1) is 12.3 Å². The van der Waals surface area contributed by atoms with Crippen LogP contribution in [0.4, 0.5) is 0 Å². The molecule has 2 saturated heterocycles. The van der Waals surface area contributed by atoms with E-state index in [1.165, 1.54) is 0 Å². The quantitative estimate of drug-likeness (QED) is 0.848. The molecule has 2 aliphatic rings. The molecule has 0 saturated carbocycles. The predicted molar refractivity (Wildman–Crippen MR) is 92.4 cm³/mol. The van der Waals surface area contributed by atoms with Crippen molar-refractivity contribution >= 4 is 17.2 Å². The van der Waals surface area contributed by atoms with Crippen LogP contribution < -0.4 is 0 Å². The van der Waals surface area contributed by atoms with Gasteiger partial charge in [-0.3, -0.25) is 9.69 Å². The third-order valence-electron chi connectivity index (χ3n) is 5.23. The molecule has 2 aromatic rings. The molecule has 1 spiro atoms. The molecule has 4 heterocycles. The van der Waals surface area contributed by atoms with Crippen molar-refractivity contribution < 1.29 is 4.79 Å². The number of hydrogen-bond donors (Lipinski definition) is 0. The number of aryl methyl sites for hydroxylation is 2. The molecule has 2 aromatic heterocycles. The standard InChI is InChI=1S/C17H23N5OS/c1-13-19-14(10-24-13)8-22-12-17(7-16(22)23)3-5-21(11-17)9-15-18-4-6-20(15)2/h4,6,10H,3,5,7-9,11-12H2,1-2H3. The van der Waals surface area contributed by atoms with Crippen molar-refractivity contribution in [2.45, 2.75) is 32.9 Å². The first-order valence-electron chi connectivity index (χ1n) is 8.40. The van der Waals surface area contributed by atoms with Crippen molar-refractivity contribution in [3.63, 3.8) is 0 Å². The lowest BCUT2D eigenvalue weighted by molar-refractivity contribution is -0.128. The van der Waals surface area contributed by atoms with Crippen molar-refractivity contribution in [2.75, 3.05) is 19.6 Å². The summed E-state index contributed by atoms with van der Waals surface area (Å²) < 4.78 is 2.07. The van der Waals surface area contributed by atoms with Crippen molar-refractivity contribution in [1.29, 1.82) is 0 Å². The van der Waals surface area contributed by atoms with Gasteiger partial charge >= 0.3 is 0 Å². The van der Waals surface area contributed by atoms with Crippen LogP contribution in [0.1, 0.15) is 29.4 Å². The molecule has 0 aliphatic carbocycles. The lowest BCUT2D eigenvalue weighted by Gasteiger charge is -2.24. The number of likely N-dealkylation sites (tertiary alicyclic amines) is 2. The Hall–Kier alpha value is -1.73. The van der Waals surface area contributed by atoms with Gasteiger partial charge in [-0.05, 0) is 19.9 Å². The van der Waals surface area contributed by atoms with Crippen molar-refractivity contribution in [3.8, 4) is 0 Å². The molecular formula is C17H23N5OS. The maximum absolute atomic E-state index is 12.5. The molecule has 1 amide bonds. The summed E-state index contributed by atoms with van der Waals surface area (Å²) in [6.45, 7) is 6.42. The van der Waals surface area contributed by atoms with Gasteiger partial charge in [0.15, 0.2) is 0 Å². The molecule has 0 bridgehead atoms. The minimum absolute atomic E-state index is 0.118. The van der Waals surface area contributed by atoms with E-state index >= 15 is 0 Å². The number of thiazole rings is 1. The highest BCUT2D eigenvalue weighted by molar-refractivity contribution is 7.09. The average Bonchev–Trinajstić information content (AvgIpc) is 3.27. The summed E-state index contributed by atoms with van der Waals surface area (Å²) in [6.07, 6.45) is 5.60. The van der Waals surface area contributed by atoms with E-state index in [0.717, 1.165) is 49.1 Å². The third kappa shape index (κ3) is 2.98. The Bertz CT molecular complexity index is 754. The van der Waals surface area contributed by atoms with Gasteiger partial charge < -0.3 is 9.47 Å². The highest BCUT2D eigenvalue weighted by Crippen LogP contribution is 2.41. The van der Waals surface area contributed by atoms with E-state index in [4.69, 9.17) is 0 Å². The Morgan fingerprint density at radius 3 is 2.92 bits per heavy atom. The van der Waals surface area contributed by atoms with Gasteiger partial charge in [0.2, 0.25) is 5.91 Å². The van der Waals surface area contributed by atoms with Crippen LogP contribution in [-0.4, -0.2) is 49.9 Å². The van der Waals surface area contributed by atoms with Gasteiger partial charge in [-0.15, -0.1) is 11.3 Å². The topological polar surface area (TPSA) is 54.3 Å². The smallest absolute Gasteiger partial charge is 0.223 e.